The van der Waals surface area contributed by atoms with Gasteiger partial charge < -0.3 is 5.32 Å². The van der Waals surface area contributed by atoms with Crippen molar-refractivity contribution in [2.45, 2.75) is 57.0 Å². The van der Waals surface area contributed by atoms with Crippen molar-refractivity contribution >= 4 is 0 Å². The second-order valence-electron chi connectivity index (χ2n) is 5.70. The van der Waals surface area contributed by atoms with Gasteiger partial charge in [0.05, 0.1) is 0 Å². The van der Waals surface area contributed by atoms with E-state index in [0.717, 1.165) is 18.0 Å². The summed E-state index contributed by atoms with van der Waals surface area (Å²) in [5.41, 5.74) is 0. The minimum absolute atomic E-state index is 0.827. The first-order valence-electron chi connectivity index (χ1n) is 6.91. The Labute approximate surface area is 93.4 Å². The summed E-state index contributed by atoms with van der Waals surface area (Å²) in [5.74, 6) is 1.00. The molecule has 1 saturated carbocycles. The van der Waals surface area contributed by atoms with Gasteiger partial charge in [0.1, 0.15) is 0 Å². The Morgan fingerprint density at radius 1 is 0.933 bits per heavy atom. The Morgan fingerprint density at radius 3 is 2.67 bits per heavy atom. The fourth-order valence-electron chi connectivity index (χ4n) is 3.85. The SMILES string of the molecule is C1CCC(CNC2CCN3CCCC23)C1. The molecule has 0 aromatic carbocycles. The molecule has 0 bridgehead atoms. The molecule has 1 N–H and O–H groups in total. The van der Waals surface area contributed by atoms with Gasteiger partial charge in [-0.2, -0.15) is 0 Å². The van der Waals surface area contributed by atoms with Crippen LogP contribution in [0.4, 0.5) is 0 Å². The van der Waals surface area contributed by atoms with Crippen molar-refractivity contribution in [3.05, 3.63) is 0 Å². The van der Waals surface area contributed by atoms with Crippen LogP contribution in [-0.2, 0) is 0 Å². The number of nitrogens with zero attached hydrogens (tertiary/aromatic N) is 1. The lowest BCUT2D eigenvalue weighted by Gasteiger charge is -2.22. The molecule has 2 heteroatoms. The highest BCUT2D eigenvalue weighted by atomic mass is 15.2. The number of nitrogens with one attached hydrogen (secondary N) is 1. The van der Waals surface area contributed by atoms with E-state index >= 15 is 0 Å². The molecule has 2 saturated heterocycles. The van der Waals surface area contributed by atoms with Gasteiger partial charge in [0.15, 0.2) is 0 Å². The van der Waals surface area contributed by atoms with Crippen LogP contribution in [0.25, 0.3) is 0 Å². The van der Waals surface area contributed by atoms with Crippen LogP contribution in [0, 0.1) is 5.92 Å². The van der Waals surface area contributed by atoms with E-state index in [1.54, 1.807) is 0 Å². The number of rotatable bonds is 3. The summed E-state index contributed by atoms with van der Waals surface area (Å²) in [6.45, 7) is 4.02. The van der Waals surface area contributed by atoms with Crippen molar-refractivity contribution in [1.29, 1.82) is 0 Å². The van der Waals surface area contributed by atoms with E-state index in [-0.39, 0.29) is 0 Å². The molecule has 1 aliphatic carbocycles. The Balaban J connectivity index is 1.46. The second-order valence-corrected chi connectivity index (χ2v) is 5.70. The number of fused-ring (bicyclic) bond motifs is 1. The van der Waals surface area contributed by atoms with Gasteiger partial charge in [0.2, 0.25) is 0 Å². The minimum Gasteiger partial charge on any atom is -0.312 e. The predicted molar refractivity (Wildman–Crippen MR) is 63.0 cm³/mol. The summed E-state index contributed by atoms with van der Waals surface area (Å²) >= 11 is 0. The van der Waals surface area contributed by atoms with Gasteiger partial charge >= 0.3 is 0 Å². The molecule has 2 nitrogen and oxygen atoms in total. The molecule has 2 unspecified atom stereocenters. The summed E-state index contributed by atoms with van der Waals surface area (Å²) in [6.07, 6.45) is 10.2. The van der Waals surface area contributed by atoms with Crippen LogP contribution in [0.2, 0.25) is 0 Å². The third-order valence-corrected chi connectivity index (χ3v) is 4.75. The van der Waals surface area contributed by atoms with Crippen LogP contribution in [0.5, 0.6) is 0 Å². The van der Waals surface area contributed by atoms with Gasteiger partial charge in [0.25, 0.3) is 0 Å². The van der Waals surface area contributed by atoms with E-state index in [1.807, 2.05) is 0 Å². The van der Waals surface area contributed by atoms with Crippen molar-refractivity contribution in [2.24, 2.45) is 5.92 Å². The first-order chi connectivity index (χ1) is 7.43. The van der Waals surface area contributed by atoms with Gasteiger partial charge in [0, 0.05) is 18.6 Å². The zero-order chi connectivity index (χ0) is 10.1. The molecule has 3 fully saturated rings. The van der Waals surface area contributed by atoms with Gasteiger partial charge in [-0.25, -0.2) is 0 Å². The van der Waals surface area contributed by atoms with Gasteiger partial charge in [-0.1, -0.05) is 12.8 Å². The molecule has 0 spiro atoms. The molecule has 0 aromatic rings. The highest BCUT2D eigenvalue weighted by Crippen LogP contribution is 2.29. The van der Waals surface area contributed by atoms with E-state index in [4.69, 9.17) is 0 Å². The van der Waals surface area contributed by atoms with Crippen molar-refractivity contribution < 1.29 is 0 Å². The standard InChI is InChI=1S/C13H24N2/c1-2-5-11(4-1)10-14-12-7-9-15-8-3-6-13(12)15/h11-14H,1-10H2. The first-order valence-corrected chi connectivity index (χ1v) is 6.91. The lowest BCUT2D eigenvalue weighted by Crippen LogP contribution is -2.40. The maximum Gasteiger partial charge on any atom is 0.0250 e. The third-order valence-electron chi connectivity index (χ3n) is 4.75. The normalized spacial score (nSPS) is 37.6. The smallest absolute Gasteiger partial charge is 0.0250 e. The minimum atomic E-state index is 0.827. The number of hydrogen-bond acceptors (Lipinski definition) is 2. The topological polar surface area (TPSA) is 15.3 Å². The second kappa shape index (κ2) is 4.42. The van der Waals surface area contributed by atoms with Crippen LogP contribution < -0.4 is 5.32 Å². The summed E-state index contributed by atoms with van der Waals surface area (Å²) < 4.78 is 0. The number of hydrogen-bond donors (Lipinski definition) is 1. The molecule has 0 aromatic heterocycles. The van der Waals surface area contributed by atoms with E-state index in [1.165, 1.54) is 64.6 Å². The molecular weight excluding hydrogens is 184 g/mol. The molecule has 0 radical (unpaired) electrons. The van der Waals surface area contributed by atoms with Gasteiger partial charge in [-0.15, -0.1) is 0 Å². The molecule has 2 atom stereocenters. The van der Waals surface area contributed by atoms with Crippen LogP contribution >= 0.6 is 0 Å². The van der Waals surface area contributed by atoms with Crippen molar-refractivity contribution in [1.82, 2.24) is 10.2 Å². The zero-order valence-corrected chi connectivity index (χ0v) is 9.75. The average Bonchev–Trinajstić information content (AvgIpc) is 2.93. The van der Waals surface area contributed by atoms with Gasteiger partial charge in [-0.3, -0.25) is 4.90 Å². The first kappa shape index (κ1) is 10.1. The largest absolute Gasteiger partial charge is 0.312 e. The highest BCUT2D eigenvalue weighted by Gasteiger charge is 2.36. The Kier molecular flexibility index (Phi) is 2.98. The van der Waals surface area contributed by atoms with E-state index in [0.29, 0.717) is 0 Å². The Bertz CT molecular complexity index is 211. The maximum absolute atomic E-state index is 3.85. The van der Waals surface area contributed by atoms with Gasteiger partial charge in [-0.05, 0) is 51.1 Å². The van der Waals surface area contributed by atoms with Crippen LogP contribution in [0.3, 0.4) is 0 Å². The van der Waals surface area contributed by atoms with Crippen LogP contribution in [0.1, 0.15) is 44.9 Å². The molecule has 2 aliphatic heterocycles. The van der Waals surface area contributed by atoms with E-state index in [9.17, 15) is 0 Å². The lowest BCUT2D eigenvalue weighted by molar-refractivity contribution is 0.293. The summed E-state index contributed by atoms with van der Waals surface area (Å²) in [7, 11) is 0. The van der Waals surface area contributed by atoms with Crippen molar-refractivity contribution in [2.75, 3.05) is 19.6 Å². The molecule has 3 rings (SSSR count). The summed E-state index contributed by atoms with van der Waals surface area (Å²) in [5, 5.41) is 3.85. The molecular formula is C13H24N2. The highest BCUT2D eigenvalue weighted by molar-refractivity contribution is 4.95. The fraction of sp³-hybridized carbons (Fsp3) is 1.00. The average molecular weight is 208 g/mol. The van der Waals surface area contributed by atoms with E-state index in [2.05, 4.69) is 10.2 Å². The summed E-state index contributed by atoms with van der Waals surface area (Å²) in [4.78, 5) is 2.70. The molecule has 2 heterocycles. The quantitative estimate of drug-likeness (QED) is 0.763. The molecule has 3 aliphatic rings. The Morgan fingerprint density at radius 2 is 1.80 bits per heavy atom. The zero-order valence-electron chi connectivity index (χ0n) is 9.75. The predicted octanol–water partition coefficient (Wildman–Crippen LogP) is 2.00. The molecule has 15 heavy (non-hydrogen) atoms. The summed E-state index contributed by atoms with van der Waals surface area (Å²) in [6, 6.07) is 1.72. The van der Waals surface area contributed by atoms with Crippen LogP contribution in [0.15, 0.2) is 0 Å². The van der Waals surface area contributed by atoms with Crippen molar-refractivity contribution in [3.63, 3.8) is 0 Å². The monoisotopic (exact) mass is 208 g/mol. The van der Waals surface area contributed by atoms with Crippen LogP contribution in [-0.4, -0.2) is 36.6 Å². The third kappa shape index (κ3) is 2.07. The van der Waals surface area contributed by atoms with E-state index < -0.39 is 0 Å². The fourth-order valence-corrected chi connectivity index (χ4v) is 3.85. The molecule has 0 amide bonds. The molecule has 86 valence electrons. The Hall–Kier alpha value is -0.0800. The lowest BCUT2D eigenvalue weighted by atomic mass is 10.0. The maximum atomic E-state index is 3.85. The van der Waals surface area contributed by atoms with Crippen molar-refractivity contribution in [3.8, 4) is 0 Å².